The van der Waals surface area contributed by atoms with Crippen molar-refractivity contribution in [1.29, 1.82) is 0 Å². The van der Waals surface area contributed by atoms with Gasteiger partial charge in [-0.25, -0.2) is 9.37 Å². The second-order valence-electron chi connectivity index (χ2n) is 6.74. The van der Waals surface area contributed by atoms with E-state index in [1.54, 1.807) is 0 Å². The maximum absolute atomic E-state index is 13.8. The topological polar surface area (TPSA) is 152 Å². The van der Waals surface area contributed by atoms with Crippen molar-refractivity contribution < 1.29 is 37.2 Å². The van der Waals surface area contributed by atoms with Crippen molar-refractivity contribution in [3.63, 3.8) is 0 Å². The van der Waals surface area contributed by atoms with Crippen molar-refractivity contribution in [3.8, 4) is 5.75 Å². The summed E-state index contributed by atoms with van der Waals surface area (Å²) in [5.41, 5.74) is -5.07. The van der Waals surface area contributed by atoms with Crippen LogP contribution in [0.5, 0.6) is 5.75 Å². The van der Waals surface area contributed by atoms with Crippen LogP contribution in [0.4, 0.5) is 4.39 Å². The van der Waals surface area contributed by atoms with Gasteiger partial charge in [-0.15, -0.1) is 10.2 Å². The van der Waals surface area contributed by atoms with Gasteiger partial charge in [-0.1, -0.05) is 12.1 Å². The Balaban J connectivity index is 2.05. The highest BCUT2D eigenvalue weighted by Gasteiger charge is 2.32. The summed E-state index contributed by atoms with van der Waals surface area (Å²) >= 11 is 0. The summed E-state index contributed by atoms with van der Waals surface area (Å²) in [7, 11) is 0. The highest BCUT2D eigenvalue weighted by molar-refractivity contribution is 5.94. The lowest BCUT2D eigenvalue weighted by atomic mass is 10.0. The minimum absolute atomic E-state index is 0.0313. The summed E-state index contributed by atoms with van der Waals surface area (Å²) in [6, 6.07) is -3.63. The second kappa shape index (κ2) is 8.57. The molecule has 11 nitrogen and oxygen atoms in total. The fraction of sp³-hybridized carbons (Fsp3) is 0.300. The van der Waals surface area contributed by atoms with E-state index in [1.807, 2.05) is 0 Å². The van der Waals surface area contributed by atoms with Crippen LogP contribution >= 0.6 is 0 Å². The highest BCUT2D eigenvalue weighted by atomic mass is 19.1. The van der Waals surface area contributed by atoms with Crippen LogP contribution in [0.15, 0.2) is 33.4 Å². The Morgan fingerprint density at radius 2 is 2.00 bits per heavy atom. The van der Waals surface area contributed by atoms with Crippen LogP contribution in [0.2, 0.25) is 0 Å². The predicted octanol–water partition coefficient (Wildman–Crippen LogP) is 0.912. The van der Waals surface area contributed by atoms with Crippen LogP contribution in [0, 0.1) is 12.7 Å². The zero-order valence-corrected chi connectivity index (χ0v) is 16.5. The summed E-state index contributed by atoms with van der Waals surface area (Å²) in [6.07, 6.45) is 0. The predicted molar refractivity (Wildman–Crippen MR) is 108 cm³/mol. The summed E-state index contributed by atoms with van der Waals surface area (Å²) in [6.45, 7) is -4.61. The number of carbonyl (C=O) groups excluding carboxylic acids is 2. The average Bonchev–Trinajstić information content (AvgIpc) is 3.38. The highest BCUT2D eigenvalue weighted by Crippen LogP contribution is 2.20. The fourth-order valence-corrected chi connectivity index (χ4v) is 2.46. The summed E-state index contributed by atoms with van der Waals surface area (Å²) in [5.74, 6) is -7.89. The van der Waals surface area contributed by atoms with Crippen LogP contribution in [0.25, 0.3) is 0 Å². The monoisotopic (exact) mass is 454 g/mol. The van der Waals surface area contributed by atoms with Gasteiger partial charge in [0, 0.05) is 28.6 Å². The van der Waals surface area contributed by atoms with Gasteiger partial charge < -0.3 is 20.2 Å². The molecule has 0 radical (unpaired) electrons. The first kappa shape index (κ1) is 12.7. The molecule has 0 aliphatic carbocycles. The Morgan fingerprint density at radius 3 is 2.62 bits per heavy atom. The van der Waals surface area contributed by atoms with E-state index in [9.17, 15) is 23.9 Å². The molecule has 2 heterocycles. The number of carbonyl (C=O) groups is 2. The molecule has 0 aliphatic heterocycles. The van der Waals surface area contributed by atoms with E-state index in [4.69, 9.17) is 18.1 Å². The Kier molecular flexibility index (Phi) is 3.40. The van der Waals surface area contributed by atoms with E-state index >= 15 is 0 Å². The molecule has 0 atom stereocenters. The van der Waals surface area contributed by atoms with E-state index in [0.29, 0.717) is 0 Å². The standard InChI is InChI=1S/C20H21FN6O5/c1-10-25-26-17(32-10)16(30)24-20(2,3)19-23-13(14(28)18(31)27(19)4)15(29)22-9-11-5-7-12(21)8-6-11/h5-8,28H,9H2,1-4H3,(H,22,29)(H,24,30)/i1D3,4D3,5D,6D,7D,8D. The molecule has 0 bridgehead atoms. The molecule has 2 aromatic heterocycles. The van der Waals surface area contributed by atoms with Crippen molar-refractivity contribution in [1.82, 2.24) is 30.4 Å². The molecule has 0 saturated carbocycles. The van der Waals surface area contributed by atoms with Gasteiger partial charge in [0.15, 0.2) is 5.69 Å². The van der Waals surface area contributed by atoms with Crippen molar-refractivity contribution in [3.05, 3.63) is 69.2 Å². The molecule has 1 aromatic carbocycles. The third-order valence-electron chi connectivity index (χ3n) is 3.95. The smallest absolute Gasteiger partial charge is 0.309 e. The minimum atomic E-state index is -3.31. The zero-order chi connectivity index (χ0) is 32.1. The quantitative estimate of drug-likeness (QED) is 0.497. The number of halogens is 1. The van der Waals surface area contributed by atoms with Crippen molar-refractivity contribution in [2.75, 3.05) is 0 Å². The summed E-state index contributed by atoms with van der Waals surface area (Å²) in [4.78, 5) is 42.4. The Bertz CT molecular complexity index is 1620. The third-order valence-corrected chi connectivity index (χ3v) is 3.95. The lowest BCUT2D eigenvalue weighted by molar-refractivity contribution is 0.0869. The molecule has 0 saturated heterocycles. The van der Waals surface area contributed by atoms with Crippen molar-refractivity contribution >= 4 is 11.8 Å². The lowest BCUT2D eigenvalue weighted by Gasteiger charge is -2.27. The van der Waals surface area contributed by atoms with Crippen molar-refractivity contribution in [2.24, 2.45) is 6.98 Å². The average molecular weight is 454 g/mol. The normalized spacial score (nSPS) is 16.6. The number of amides is 2. The molecule has 3 N–H and O–H groups in total. The van der Waals surface area contributed by atoms with Gasteiger partial charge in [-0.05, 0) is 31.5 Å². The molecule has 0 aliphatic rings. The fourth-order valence-electron chi connectivity index (χ4n) is 2.46. The van der Waals surface area contributed by atoms with Gasteiger partial charge in [-0.2, -0.15) is 0 Å². The lowest BCUT2D eigenvalue weighted by Crippen LogP contribution is -2.46. The van der Waals surface area contributed by atoms with Crippen LogP contribution in [0.1, 0.15) is 66.0 Å². The van der Waals surface area contributed by atoms with Gasteiger partial charge in [0.2, 0.25) is 11.6 Å². The molecule has 0 unspecified atom stereocenters. The van der Waals surface area contributed by atoms with E-state index in [2.05, 4.69) is 25.8 Å². The number of rotatable bonds is 6. The first-order valence-corrected chi connectivity index (χ1v) is 8.66. The van der Waals surface area contributed by atoms with E-state index in [1.165, 1.54) is 0 Å². The van der Waals surface area contributed by atoms with Crippen molar-refractivity contribution in [2.45, 2.75) is 32.8 Å². The number of hydrogen-bond acceptors (Lipinski definition) is 8. The number of aromatic hydroxyl groups is 1. The van der Waals surface area contributed by atoms with Crippen LogP contribution < -0.4 is 16.2 Å². The Morgan fingerprint density at radius 1 is 1.28 bits per heavy atom. The third kappa shape index (κ3) is 4.63. The second-order valence-corrected chi connectivity index (χ2v) is 6.74. The molecular weight excluding hydrogens is 423 g/mol. The maximum Gasteiger partial charge on any atom is 0.309 e. The number of nitrogens with one attached hydrogen (secondary N) is 2. The van der Waals surface area contributed by atoms with Gasteiger partial charge in [0.05, 0.1) is 11.0 Å². The van der Waals surface area contributed by atoms with Crippen LogP contribution in [-0.2, 0) is 19.1 Å². The van der Waals surface area contributed by atoms with E-state index < -0.39 is 108 Å². The number of aromatic nitrogens is 4. The molecule has 0 fully saturated rings. The van der Waals surface area contributed by atoms with Gasteiger partial charge in [0.25, 0.3) is 11.5 Å². The number of benzene rings is 1. The van der Waals surface area contributed by atoms with Crippen LogP contribution in [-0.4, -0.2) is 36.7 Å². The van der Waals surface area contributed by atoms with Gasteiger partial charge >= 0.3 is 11.8 Å². The largest absolute Gasteiger partial charge is 0.501 e. The number of aryl methyl sites for hydroxylation is 1. The van der Waals surface area contributed by atoms with Gasteiger partial charge in [-0.3, -0.25) is 19.0 Å². The number of nitrogens with zero attached hydrogens (tertiary/aromatic N) is 4. The minimum Gasteiger partial charge on any atom is -0.501 e. The summed E-state index contributed by atoms with van der Waals surface area (Å²) < 4.78 is 94.5. The molecular formula is C20H21FN6O5. The molecule has 12 heteroatoms. The summed E-state index contributed by atoms with van der Waals surface area (Å²) in [5, 5.41) is 21.3. The van der Waals surface area contributed by atoms with E-state index in [0.717, 1.165) is 13.8 Å². The SMILES string of the molecule is [2H]c1c([2H])c(CNC(=O)c2nc(C(C)(C)NC(=O)c3nnc(C([2H])([2H])[2H])o3)n(C([2H])([2H])[2H])c(=O)c2O)c([2H])c([2H])c1F. The van der Waals surface area contributed by atoms with E-state index in [-0.39, 0.29) is 4.57 Å². The Hall–Kier alpha value is -4.09. The first-order chi connectivity index (χ1) is 19.1. The maximum atomic E-state index is 13.8. The molecule has 2 amide bonds. The first-order valence-electron chi connectivity index (χ1n) is 13.7. The molecule has 3 aromatic rings. The molecule has 32 heavy (non-hydrogen) atoms. The molecule has 3 rings (SSSR count). The Labute approximate surface area is 195 Å². The number of hydrogen-bond donors (Lipinski definition) is 3. The zero-order valence-electron chi connectivity index (χ0n) is 26.5. The molecule has 168 valence electrons. The van der Waals surface area contributed by atoms with Crippen LogP contribution in [0.3, 0.4) is 0 Å². The van der Waals surface area contributed by atoms with Gasteiger partial charge in [0.1, 0.15) is 11.6 Å². The molecule has 0 spiro atoms.